The molecule has 0 radical (unpaired) electrons. The van der Waals surface area contributed by atoms with E-state index in [1.54, 1.807) is 48.7 Å². The van der Waals surface area contributed by atoms with Crippen LogP contribution in [0.1, 0.15) is 50.5 Å². The van der Waals surface area contributed by atoms with Crippen LogP contribution in [-0.2, 0) is 35.2 Å². The van der Waals surface area contributed by atoms with Gasteiger partial charge in [0.2, 0.25) is 23.6 Å². The lowest BCUT2D eigenvalue weighted by atomic mass is 10.1. The number of nitrogens with zero attached hydrogens (tertiary/aromatic N) is 4. The van der Waals surface area contributed by atoms with Gasteiger partial charge in [0.05, 0.1) is 25.2 Å². The van der Waals surface area contributed by atoms with Crippen molar-refractivity contribution in [1.82, 2.24) is 36.9 Å². The molecule has 0 aliphatic heterocycles. The number of guanidine groups is 1. The first-order valence-corrected chi connectivity index (χ1v) is 18.5. The van der Waals surface area contributed by atoms with Crippen LogP contribution in [0.25, 0.3) is 0 Å². The Hall–Kier alpha value is -6.55. The summed E-state index contributed by atoms with van der Waals surface area (Å²) in [5.74, 6) is -6.31. The van der Waals surface area contributed by atoms with Crippen LogP contribution in [0, 0.1) is 0 Å². The highest BCUT2D eigenvalue weighted by Crippen LogP contribution is 2.08. The first-order chi connectivity index (χ1) is 27.7. The molecule has 0 saturated heterocycles. The smallest absolute Gasteiger partial charge is 0.359 e. The number of pyridine rings is 1. The van der Waals surface area contributed by atoms with E-state index < -0.39 is 78.7 Å². The van der Waals surface area contributed by atoms with Crippen LogP contribution in [0.15, 0.2) is 70.1 Å². The highest BCUT2D eigenvalue weighted by molar-refractivity contribution is 5.95. The van der Waals surface area contributed by atoms with Gasteiger partial charge in [-0.15, -0.1) is 5.11 Å². The van der Waals surface area contributed by atoms with Gasteiger partial charge in [-0.05, 0) is 75.7 Å². The van der Waals surface area contributed by atoms with Crippen LogP contribution in [0.4, 0.5) is 10.5 Å². The average Bonchev–Trinajstić information content (AvgIpc) is 3.19. The van der Waals surface area contributed by atoms with Crippen molar-refractivity contribution in [2.45, 2.75) is 75.5 Å². The minimum atomic E-state index is -1.57. The molecule has 2 rings (SSSR count). The van der Waals surface area contributed by atoms with Crippen molar-refractivity contribution in [3.8, 4) is 0 Å². The number of aliphatic imine (C=N–C) groups is 1. The van der Waals surface area contributed by atoms with E-state index in [0.29, 0.717) is 44.6 Å². The van der Waals surface area contributed by atoms with Crippen molar-refractivity contribution in [2.75, 3.05) is 32.7 Å². The van der Waals surface area contributed by atoms with Crippen LogP contribution in [0.3, 0.4) is 0 Å². The van der Waals surface area contributed by atoms with Crippen molar-refractivity contribution in [1.29, 1.82) is 0 Å². The summed E-state index contributed by atoms with van der Waals surface area (Å²) in [6.07, 6.45) is 4.25. The molecule has 58 heavy (non-hydrogen) atoms. The molecule has 22 heteroatoms. The van der Waals surface area contributed by atoms with E-state index in [1.165, 1.54) is 6.20 Å². The second kappa shape index (κ2) is 27.1. The van der Waals surface area contributed by atoms with E-state index in [1.807, 2.05) is 0 Å². The minimum Gasteiger partial charge on any atom is -0.481 e. The number of carboxylic acid groups (broad SMARTS) is 2. The molecule has 4 atom stereocenters. The highest BCUT2D eigenvalue weighted by atomic mass is 16.4. The number of rotatable bonds is 27. The number of unbranched alkanes of at least 4 members (excludes halogenated alkanes) is 1. The Morgan fingerprint density at radius 2 is 1.45 bits per heavy atom. The molecule has 6 amide bonds. The van der Waals surface area contributed by atoms with Crippen molar-refractivity contribution in [2.24, 2.45) is 32.4 Å². The van der Waals surface area contributed by atoms with Crippen molar-refractivity contribution >= 4 is 53.2 Å². The lowest BCUT2D eigenvalue weighted by Gasteiger charge is -2.22. The summed E-state index contributed by atoms with van der Waals surface area (Å²) in [5.41, 5.74) is 17.9. The number of urea groups is 1. The molecule has 0 aliphatic carbocycles. The Kier molecular flexibility index (Phi) is 22.3. The number of azo groups is 1. The van der Waals surface area contributed by atoms with Crippen LogP contribution in [-0.4, -0.2) is 120 Å². The number of amides is 6. The third-order valence-electron chi connectivity index (χ3n) is 8.09. The molecule has 0 saturated carbocycles. The predicted octanol–water partition coefficient (Wildman–Crippen LogP) is -1.22. The Morgan fingerprint density at radius 3 is 2.12 bits per heavy atom. The van der Waals surface area contributed by atoms with Crippen LogP contribution >= 0.6 is 0 Å². The van der Waals surface area contributed by atoms with Gasteiger partial charge in [-0.1, -0.05) is 35.4 Å². The van der Waals surface area contributed by atoms with Gasteiger partial charge in [0.15, 0.2) is 5.96 Å². The molecule has 316 valence electrons. The normalized spacial score (nSPS) is 12.9. The lowest BCUT2D eigenvalue weighted by molar-refractivity contribution is -0.142. The second-order valence-corrected chi connectivity index (χ2v) is 12.9. The first-order valence-electron chi connectivity index (χ1n) is 18.5. The van der Waals surface area contributed by atoms with Crippen LogP contribution in [0.2, 0.25) is 0 Å². The summed E-state index contributed by atoms with van der Waals surface area (Å²) in [5, 5.41) is 41.7. The van der Waals surface area contributed by atoms with Gasteiger partial charge in [-0.3, -0.25) is 33.9 Å². The lowest BCUT2D eigenvalue weighted by Crippen LogP contribution is -2.55. The van der Waals surface area contributed by atoms with Gasteiger partial charge in [0.25, 0.3) is 0 Å². The van der Waals surface area contributed by atoms with E-state index >= 15 is 0 Å². The largest absolute Gasteiger partial charge is 0.481 e. The molecule has 1 heterocycles. The van der Waals surface area contributed by atoms with Crippen LogP contribution in [0.5, 0.6) is 0 Å². The van der Waals surface area contributed by atoms with E-state index in [-0.39, 0.29) is 38.2 Å². The number of aliphatic carboxylic acids is 2. The van der Waals surface area contributed by atoms with Crippen molar-refractivity contribution in [3.05, 3.63) is 60.4 Å². The Labute approximate surface area is 334 Å². The Morgan fingerprint density at radius 1 is 0.741 bits per heavy atom. The third kappa shape index (κ3) is 20.9. The van der Waals surface area contributed by atoms with Crippen molar-refractivity contribution < 1.29 is 43.8 Å². The molecular formula is C36H53N13O9. The molecule has 1 aromatic heterocycles. The van der Waals surface area contributed by atoms with Gasteiger partial charge in [0.1, 0.15) is 23.8 Å². The predicted molar refractivity (Wildman–Crippen MR) is 210 cm³/mol. The molecule has 0 unspecified atom stereocenters. The Balaban J connectivity index is 1.84. The summed E-state index contributed by atoms with van der Waals surface area (Å²) in [6, 6.07) is 6.33. The van der Waals surface area contributed by atoms with Gasteiger partial charge in [-0.25, -0.2) is 9.59 Å². The number of carbonyl (C=O) groups excluding carboxylic acids is 5. The topological polar surface area (TPSA) is 360 Å². The molecule has 14 N–H and O–H groups in total. The number of benzene rings is 1. The fourth-order valence-corrected chi connectivity index (χ4v) is 5.14. The number of carbonyl (C=O) groups is 7. The summed E-state index contributed by atoms with van der Waals surface area (Å²) in [6.45, 7) is 0.855. The van der Waals surface area contributed by atoms with Crippen molar-refractivity contribution in [3.63, 3.8) is 0 Å². The molecule has 0 aliphatic rings. The minimum absolute atomic E-state index is 0.0105. The summed E-state index contributed by atoms with van der Waals surface area (Å²) < 4.78 is 0. The van der Waals surface area contributed by atoms with Gasteiger partial charge in [-0.2, -0.15) is 0 Å². The average molecular weight is 812 g/mol. The zero-order valence-corrected chi connectivity index (χ0v) is 32.0. The van der Waals surface area contributed by atoms with Crippen LogP contribution < -0.4 is 49.1 Å². The zero-order chi connectivity index (χ0) is 42.7. The highest BCUT2D eigenvalue weighted by Gasteiger charge is 2.29. The number of nitrogens with two attached hydrogens (primary N) is 3. The standard InChI is InChI=1S/C36H53N13O9/c37-25(19-23-9-2-1-3-10-23)31(53)47-28(20-30(51)52)32(54)44-22-29(50)45-26(13-7-17-42-35(38)39)33(55)46-27(34(56)57)12-4-5-14-40-16-8-18-43-36(58)49-48-24-11-6-15-41-21-24/h1-3,6,9-11,15,21,25-28,40H,4-5,7-8,12-14,16-20,22,37H2,(H,43,58)(H,44,54)(H,45,50)(H,46,55)(H,47,53)(H,51,52)(H,56,57)(H4,38,39,42)/t25-,26+,27+,28-/m1/s1. The summed E-state index contributed by atoms with van der Waals surface area (Å²) in [4.78, 5) is 94.8. The monoisotopic (exact) mass is 811 g/mol. The fraction of sp³-hybridized carbons (Fsp3) is 0.472. The number of hydrogen-bond donors (Lipinski definition) is 11. The number of nitrogens with one attached hydrogen (secondary N) is 6. The first kappa shape index (κ1) is 47.6. The Bertz CT molecular complexity index is 1690. The molecule has 22 nitrogen and oxygen atoms in total. The second-order valence-electron chi connectivity index (χ2n) is 12.9. The molecular weight excluding hydrogens is 758 g/mol. The molecule has 1 aromatic carbocycles. The van der Waals surface area contributed by atoms with E-state index in [2.05, 4.69) is 52.1 Å². The van der Waals surface area contributed by atoms with E-state index in [4.69, 9.17) is 17.2 Å². The SMILES string of the molecule is NC(N)=NCCC[C@H](NC(=O)CNC(=O)[C@@H](CC(=O)O)NC(=O)[C@H](N)Cc1ccccc1)C(=O)N[C@@H](CCCCNCCCNC(=O)N=Nc1cccnc1)C(=O)O. The molecule has 0 fully saturated rings. The van der Waals surface area contributed by atoms with E-state index in [9.17, 15) is 43.8 Å². The maximum atomic E-state index is 13.3. The third-order valence-corrected chi connectivity index (χ3v) is 8.09. The molecule has 0 spiro atoms. The maximum absolute atomic E-state index is 13.3. The van der Waals surface area contributed by atoms with E-state index in [0.717, 1.165) is 5.56 Å². The quantitative estimate of drug-likeness (QED) is 0.0218. The van der Waals surface area contributed by atoms with Gasteiger partial charge in [0, 0.05) is 19.3 Å². The number of hydrogen-bond acceptors (Lipinski definition) is 12. The fourth-order valence-electron chi connectivity index (χ4n) is 5.14. The number of aromatic nitrogens is 1. The zero-order valence-electron chi connectivity index (χ0n) is 32.0. The van der Waals surface area contributed by atoms with Gasteiger partial charge < -0.3 is 59.3 Å². The molecule has 0 bridgehead atoms. The summed E-state index contributed by atoms with van der Waals surface area (Å²) >= 11 is 0. The van der Waals surface area contributed by atoms with Gasteiger partial charge >= 0.3 is 18.0 Å². The maximum Gasteiger partial charge on any atom is 0.359 e. The number of carboxylic acids is 2. The summed E-state index contributed by atoms with van der Waals surface area (Å²) in [7, 11) is 0. The molecule has 2 aromatic rings.